The minimum atomic E-state index is -3.55. The summed E-state index contributed by atoms with van der Waals surface area (Å²) in [5.41, 5.74) is 0.938. The van der Waals surface area contributed by atoms with E-state index in [4.69, 9.17) is 4.74 Å². The predicted molar refractivity (Wildman–Crippen MR) is 109 cm³/mol. The van der Waals surface area contributed by atoms with Crippen LogP contribution in [0.5, 0.6) is 5.75 Å². The van der Waals surface area contributed by atoms with Gasteiger partial charge < -0.3 is 15.2 Å². The number of halogens is 1. The number of benzene rings is 2. The van der Waals surface area contributed by atoms with Crippen molar-refractivity contribution in [1.82, 2.24) is 4.31 Å². The summed E-state index contributed by atoms with van der Waals surface area (Å²) in [5.74, 6) is -0.0197. The first-order valence-electron chi connectivity index (χ1n) is 8.82. The molecule has 1 fully saturated rings. The van der Waals surface area contributed by atoms with E-state index < -0.39 is 15.9 Å². The molecule has 7 nitrogen and oxygen atoms in total. The van der Waals surface area contributed by atoms with Gasteiger partial charge in [0.05, 0.1) is 11.5 Å². The van der Waals surface area contributed by atoms with Crippen molar-refractivity contribution in [3.63, 3.8) is 0 Å². The number of carbonyl (C=O) groups is 1. The van der Waals surface area contributed by atoms with Crippen molar-refractivity contribution >= 4 is 37.5 Å². The summed E-state index contributed by atoms with van der Waals surface area (Å²) in [6.07, 6.45) is 1.72. The van der Waals surface area contributed by atoms with Crippen LogP contribution in [-0.4, -0.2) is 43.4 Å². The van der Waals surface area contributed by atoms with Crippen LogP contribution in [0.3, 0.4) is 0 Å². The summed E-state index contributed by atoms with van der Waals surface area (Å²) in [4.78, 5) is 12.4. The summed E-state index contributed by atoms with van der Waals surface area (Å²) in [7, 11) is -3.55. The Morgan fingerprint density at radius 3 is 2.64 bits per heavy atom. The molecule has 0 unspecified atom stereocenters. The van der Waals surface area contributed by atoms with Crippen LogP contribution in [0.1, 0.15) is 18.4 Å². The molecule has 1 aliphatic rings. The number of nitrogens with one attached hydrogen (secondary N) is 1. The molecule has 2 N–H and O–H groups in total. The van der Waals surface area contributed by atoms with Crippen molar-refractivity contribution in [2.45, 2.75) is 24.3 Å². The van der Waals surface area contributed by atoms with E-state index in [1.165, 1.54) is 16.4 Å². The molecule has 0 saturated carbocycles. The lowest BCUT2D eigenvalue weighted by Gasteiger charge is -2.16. The standard InChI is InChI=1S/C19H21BrN2O5S/c20-15-6-7-18(14(10-15)12-23)27-13-19(24)21-16-4-3-5-17(11-16)28(25,26)22-8-1-2-9-22/h3-7,10-11,23H,1-2,8-9,12-13H2,(H,21,24). The van der Waals surface area contributed by atoms with Crippen LogP contribution < -0.4 is 10.1 Å². The molecule has 150 valence electrons. The highest BCUT2D eigenvalue weighted by molar-refractivity contribution is 9.10. The lowest BCUT2D eigenvalue weighted by molar-refractivity contribution is -0.118. The van der Waals surface area contributed by atoms with Crippen molar-refractivity contribution in [3.05, 3.63) is 52.5 Å². The predicted octanol–water partition coefficient (Wildman–Crippen LogP) is 2.74. The number of rotatable bonds is 7. The molecule has 1 heterocycles. The van der Waals surface area contributed by atoms with Crippen LogP contribution in [0.15, 0.2) is 51.8 Å². The quantitative estimate of drug-likeness (QED) is 0.650. The molecule has 2 aromatic rings. The number of carbonyl (C=O) groups excluding carboxylic acids is 1. The molecule has 9 heteroatoms. The van der Waals surface area contributed by atoms with Gasteiger partial charge in [0, 0.05) is 28.8 Å². The summed E-state index contributed by atoms with van der Waals surface area (Å²) in [5, 5.41) is 12.0. The van der Waals surface area contributed by atoms with Crippen molar-refractivity contribution < 1.29 is 23.1 Å². The van der Waals surface area contributed by atoms with E-state index in [-0.39, 0.29) is 18.1 Å². The Morgan fingerprint density at radius 1 is 1.18 bits per heavy atom. The topological polar surface area (TPSA) is 95.9 Å². The van der Waals surface area contributed by atoms with Gasteiger partial charge in [-0.15, -0.1) is 0 Å². The van der Waals surface area contributed by atoms with E-state index in [0.717, 1.165) is 17.3 Å². The van der Waals surface area contributed by atoms with Crippen LogP contribution in [0.2, 0.25) is 0 Å². The van der Waals surface area contributed by atoms with E-state index in [1.54, 1.807) is 30.3 Å². The maximum Gasteiger partial charge on any atom is 0.262 e. The number of ether oxygens (including phenoxy) is 1. The summed E-state index contributed by atoms with van der Waals surface area (Å²) in [6.45, 7) is 0.560. The molecule has 0 atom stereocenters. The molecule has 0 aromatic heterocycles. The number of hydrogen-bond acceptors (Lipinski definition) is 5. The van der Waals surface area contributed by atoms with Gasteiger partial charge in [0.25, 0.3) is 5.91 Å². The second kappa shape index (κ2) is 9.04. The zero-order valence-corrected chi connectivity index (χ0v) is 17.5. The van der Waals surface area contributed by atoms with Gasteiger partial charge in [0.1, 0.15) is 5.75 Å². The van der Waals surface area contributed by atoms with E-state index in [9.17, 15) is 18.3 Å². The fourth-order valence-electron chi connectivity index (χ4n) is 2.96. The summed E-state index contributed by atoms with van der Waals surface area (Å²) >= 11 is 3.31. The molecule has 1 amide bonds. The largest absolute Gasteiger partial charge is 0.483 e. The van der Waals surface area contributed by atoms with Gasteiger partial charge in [-0.25, -0.2) is 8.42 Å². The average molecular weight is 469 g/mol. The molecule has 2 aromatic carbocycles. The molecular formula is C19H21BrN2O5S. The number of hydrogen-bond donors (Lipinski definition) is 2. The number of amides is 1. The lowest BCUT2D eigenvalue weighted by atomic mass is 10.2. The Labute approximate surface area is 172 Å². The highest BCUT2D eigenvalue weighted by atomic mass is 79.9. The van der Waals surface area contributed by atoms with Crippen LogP contribution in [0.25, 0.3) is 0 Å². The van der Waals surface area contributed by atoms with Crippen molar-refractivity contribution in [3.8, 4) is 5.75 Å². The van der Waals surface area contributed by atoms with Crippen molar-refractivity contribution in [2.75, 3.05) is 25.0 Å². The molecule has 28 heavy (non-hydrogen) atoms. The number of nitrogens with zero attached hydrogens (tertiary/aromatic N) is 1. The maximum atomic E-state index is 12.6. The van der Waals surface area contributed by atoms with Crippen LogP contribution in [0, 0.1) is 0 Å². The molecule has 1 saturated heterocycles. The monoisotopic (exact) mass is 468 g/mol. The molecular weight excluding hydrogens is 448 g/mol. The zero-order chi connectivity index (χ0) is 20.1. The Balaban J connectivity index is 1.65. The summed E-state index contributed by atoms with van der Waals surface area (Å²) in [6, 6.07) is 11.3. The second-order valence-corrected chi connectivity index (χ2v) is 9.24. The van der Waals surface area contributed by atoms with Crippen molar-refractivity contribution in [1.29, 1.82) is 0 Å². The first-order chi connectivity index (χ1) is 13.4. The minimum absolute atomic E-state index is 0.156. The maximum absolute atomic E-state index is 12.6. The highest BCUT2D eigenvalue weighted by Gasteiger charge is 2.27. The van der Waals surface area contributed by atoms with E-state index >= 15 is 0 Å². The van der Waals surface area contributed by atoms with Crippen LogP contribution >= 0.6 is 15.9 Å². The Kier molecular flexibility index (Phi) is 6.71. The van der Waals surface area contributed by atoms with Gasteiger partial charge in [-0.1, -0.05) is 22.0 Å². The average Bonchev–Trinajstić information content (AvgIpc) is 3.23. The number of sulfonamides is 1. The molecule has 0 spiro atoms. The number of aliphatic hydroxyl groups is 1. The Hall–Kier alpha value is -1.94. The fourth-order valence-corrected chi connectivity index (χ4v) is 4.94. The molecule has 0 aliphatic carbocycles. The first kappa shape index (κ1) is 20.8. The fraction of sp³-hybridized carbons (Fsp3) is 0.316. The normalized spacial score (nSPS) is 14.8. The highest BCUT2D eigenvalue weighted by Crippen LogP contribution is 2.24. The number of aliphatic hydroxyl groups excluding tert-OH is 1. The van der Waals surface area contributed by atoms with Gasteiger partial charge in [0.15, 0.2) is 6.61 Å². The van der Waals surface area contributed by atoms with Gasteiger partial charge in [-0.2, -0.15) is 4.31 Å². The van der Waals surface area contributed by atoms with Gasteiger partial charge in [-0.3, -0.25) is 4.79 Å². The Morgan fingerprint density at radius 2 is 1.93 bits per heavy atom. The molecule has 0 bridgehead atoms. The van der Waals surface area contributed by atoms with E-state index in [1.807, 2.05) is 0 Å². The number of anilines is 1. The minimum Gasteiger partial charge on any atom is -0.483 e. The van der Waals surface area contributed by atoms with E-state index in [2.05, 4.69) is 21.2 Å². The first-order valence-corrected chi connectivity index (χ1v) is 11.1. The lowest BCUT2D eigenvalue weighted by Crippen LogP contribution is -2.28. The third kappa shape index (κ3) is 4.91. The summed E-state index contributed by atoms with van der Waals surface area (Å²) < 4.78 is 33.0. The molecule has 3 rings (SSSR count). The van der Waals surface area contributed by atoms with Crippen molar-refractivity contribution in [2.24, 2.45) is 0 Å². The zero-order valence-electron chi connectivity index (χ0n) is 15.1. The van der Waals surface area contributed by atoms with E-state index in [0.29, 0.717) is 30.1 Å². The van der Waals surface area contributed by atoms with Gasteiger partial charge in [0.2, 0.25) is 10.0 Å². The molecule has 0 radical (unpaired) electrons. The van der Waals surface area contributed by atoms with Crippen LogP contribution in [0.4, 0.5) is 5.69 Å². The smallest absolute Gasteiger partial charge is 0.262 e. The Bertz CT molecular complexity index is 959. The third-order valence-corrected chi connectivity index (χ3v) is 6.76. The SMILES string of the molecule is O=C(COc1ccc(Br)cc1CO)Nc1cccc(S(=O)(=O)N2CCCC2)c1. The van der Waals surface area contributed by atoms with Gasteiger partial charge in [-0.05, 0) is 49.2 Å². The third-order valence-electron chi connectivity index (χ3n) is 4.37. The molecule has 1 aliphatic heterocycles. The second-order valence-electron chi connectivity index (χ2n) is 6.39. The van der Waals surface area contributed by atoms with Gasteiger partial charge >= 0.3 is 0 Å². The van der Waals surface area contributed by atoms with Crippen LogP contribution in [-0.2, 0) is 21.4 Å².